The SMILES string of the molecule is NCC1OC(OC2C(N)CC(N)C(O)C2O)C(N)C(O)C1OCCCCCCNC(=O)c1ccnc2c1ccc1cccnc12. The topological polar surface area (TPSA) is 247 Å². The van der Waals surface area contributed by atoms with E-state index in [0.29, 0.717) is 24.2 Å². The number of fused-ring (bicyclic) bond motifs is 3. The van der Waals surface area contributed by atoms with Crippen molar-refractivity contribution in [3.05, 3.63) is 48.3 Å². The number of pyridine rings is 2. The van der Waals surface area contributed by atoms with Gasteiger partial charge in [0.1, 0.15) is 30.5 Å². The molecule has 1 saturated carbocycles. The van der Waals surface area contributed by atoms with Crippen LogP contribution in [0.1, 0.15) is 42.5 Å². The molecule has 10 atom stereocenters. The average molecular weight is 628 g/mol. The number of nitrogens with two attached hydrogens (primary N) is 4. The van der Waals surface area contributed by atoms with E-state index >= 15 is 0 Å². The summed E-state index contributed by atoms with van der Waals surface area (Å²) in [6.07, 6.45) is -0.434. The zero-order valence-corrected chi connectivity index (χ0v) is 25.2. The van der Waals surface area contributed by atoms with Gasteiger partial charge in [-0.15, -0.1) is 0 Å². The number of nitrogens with zero attached hydrogens (tertiary/aromatic N) is 2. The van der Waals surface area contributed by atoms with Crippen LogP contribution in [0.25, 0.3) is 21.8 Å². The fraction of sp³-hybridized carbons (Fsp3) is 0.581. The summed E-state index contributed by atoms with van der Waals surface area (Å²) >= 11 is 0. The highest BCUT2D eigenvalue weighted by Crippen LogP contribution is 2.28. The maximum atomic E-state index is 12.9. The lowest BCUT2D eigenvalue weighted by Crippen LogP contribution is -2.67. The maximum Gasteiger partial charge on any atom is 0.252 e. The van der Waals surface area contributed by atoms with Gasteiger partial charge in [-0.1, -0.05) is 31.0 Å². The van der Waals surface area contributed by atoms with Gasteiger partial charge in [0.05, 0.1) is 28.7 Å². The molecular weight excluding hydrogens is 582 g/mol. The molecule has 246 valence electrons. The van der Waals surface area contributed by atoms with Gasteiger partial charge in [0.25, 0.3) is 5.91 Å². The quantitative estimate of drug-likeness (QED) is 0.0887. The number of carbonyl (C=O) groups is 1. The third-order valence-electron chi connectivity index (χ3n) is 8.73. The number of aliphatic hydroxyl groups excluding tert-OH is 3. The molecule has 1 aliphatic carbocycles. The smallest absolute Gasteiger partial charge is 0.252 e. The molecule has 0 bridgehead atoms. The van der Waals surface area contributed by atoms with Crippen molar-refractivity contribution in [3.8, 4) is 0 Å². The first-order valence-electron chi connectivity index (χ1n) is 15.6. The summed E-state index contributed by atoms with van der Waals surface area (Å²) in [5, 5.41) is 36.2. The lowest BCUT2D eigenvalue weighted by molar-refractivity contribution is -0.293. The standard InChI is InChI=1S/C31H45N7O7/c32-15-21-29(26(40)22(35)31(44-21)45-28-20(34)14-19(33)25(39)27(28)41)43-13-4-2-1-3-10-38-30(42)18-9-12-37-24-17(18)8-7-16-6-5-11-36-23(16)24/h5-9,11-12,19-22,25-29,31,39-41H,1-4,10,13-15,32-35H2,(H,38,42). The van der Waals surface area contributed by atoms with E-state index in [1.165, 1.54) is 0 Å². The molecule has 10 unspecified atom stereocenters. The molecule has 3 heterocycles. The van der Waals surface area contributed by atoms with E-state index in [0.717, 1.165) is 42.0 Å². The Kier molecular flexibility index (Phi) is 11.3. The number of amides is 1. The molecule has 14 heteroatoms. The minimum absolute atomic E-state index is 0.0419. The van der Waals surface area contributed by atoms with E-state index < -0.39 is 61.0 Å². The number of unbranched alkanes of at least 4 members (excludes halogenated alkanes) is 3. The van der Waals surface area contributed by atoms with Crippen molar-refractivity contribution in [2.75, 3.05) is 19.7 Å². The molecular formula is C31H45N7O7. The van der Waals surface area contributed by atoms with Crippen LogP contribution in [0.5, 0.6) is 0 Å². The fourth-order valence-corrected chi connectivity index (χ4v) is 6.13. The van der Waals surface area contributed by atoms with E-state index in [9.17, 15) is 20.1 Å². The summed E-state index contributed by atoms with van der Waals surface area (Å²) in [4.78, 5) is 21.8. The van der Waals surface area contributed by atoms with E-state index in [1.807, 2.05) is 24.3 Å². The largest absolute Gasteiger partial charge is 0.389 e. The highest BCUT2D eigenvalue weighted by molar-refractivity contribution is 6.12. The minimum Gasteiger partial charge on any atom is -0.389 e. The number of hydrogen-bond acceptors (Lipinski definition) is 13. The molecule has 2 aromatic heterocycles. The summed E-state index contributed by atoms with van der Waals surface area (Å²) in [6, 6.07) is 7.07. The number of aliphatic hydroxyl groups is 3. The van der Waals surface area contributed by atoms with Crippen molar-refractivity contribution in [1.82, 2.24) is 15.3 Å². The van der Waals surface area contributed by atoms with Crippen molar-refractivity contribution in [2.45, 2.75) is 93.1 Å². The van der Waals surface area contributed by atoms with Crippen molar-refractivity contribution >= 4 is 27.7 Å². The number of nitrogens with one attached hydrogen (secondary N) is 1. The van der Waals surface area contributed by atoms with Crippen LogP contribution in [0.3, 0.4) is 0 Å². The first-order chi connectivity index (χ1) is 21.7. The van der Waals surface area contributed by atoms with Crippen LogP contribution >= 0.6 is 0 Å². The van der Waals surface area contributed by atoms with Gasteiger partial charge in [0.15, 0.2) is 6.29 Å². The second kappa shape index (κ2) is 15.1. The number of ether oxygens (including phenoxy) is 3. The molecule has 2 aliphatic rings. The highest BCUT2D eigenvalue weighted by atomic mass is 16.7. The Morgan fingerprint density at radius 3 is 2.49 bits per heavy atom. The van der Waals surface area contributed by atoms with Crippen LogP contribution in [-0.2, 0) is 14.2 Å². The van der Waals surface area contributed by atoms with E-state index in [4.69, 9.17) is 37.1 Å². The molecule has 0 spiro atoms. The predicted octanol–water partition coefficient (Wildman–Crippen LogP) is -1.00. The second-order valence-electron chi connectivity index (χ2n) is 11.9. The van der Waals surface area contributed by atoms with Gasteiger partial charge in [-0.25, -0.2) is 0 Å². The first kappa shape index (κ1) is 33.5. The third-order valence-corrected chi connectivity index (χ3v) is 8.73. The molecule has 14 nitrogen and oxygen atoms in total. The molecule has 1 aromatic carbocycles. The van der Waals surface area contributed by atoms with Gasteiger partial charge in [0.2, 0.25) is 0 Å². The minimum atomic E-state index is -1.33. The number of hydrogen-bond donors (Lipinski definition) is 8. The van der Waals surface area contributed by atoms with Crippen molar-refractivity contribution in [3.63, 3.8) is 0 Å². The molecule has 1 amide bonds. The van der Waals surface area contributed by atoms with Gasteiger partial charge in [0, 0.05) is 54.9 Å². The fourth-order valence-electron chi connectivity index (χ4n) is 6.13. The molecule has 1 aliphatic heterocycles. The van der Waals surface area contributed by atoms with Crippen molar-refractivity contribution < 1.29 is 34.3 Å². The Balaban J connectivity index is 1.03. The van der Waals surface area contributed by atoms with Gasteiger partial charge >= 0.3 is 0 Å². The Bertz CT molecular complexity index is 1430. The number of benzene rings is 1. The molecule has 45 heavy (non-hydrogen) atoms. The molecule has 2 fully saturated rings. The van der Waals surface area contributed by atoms with E-state index in [1.54, 1.807) is 18.5 Å². The van der Waals surface area contributed by atoms with Crippen LogP contribution in [0, 0.1) is 0 Å². The van der Waals surface area contributed by atoms with Crippen molar-refractivity contribution in [1.29, 1.82) is 0 Å². The number of carbonyl (C=O) groups excluding carboxylic acids is 1. The summed E-state index contributed by atoms with van der Waals surface area (Å²) in [5.41, 5.74) is 26.1. The summed E-state index contributed by atoms with van der Waals surface area (Å²) in [6.45, 7) is 0.923. The number of rotatable bonds is 12. The zero-order valence-electron chi connectivity index (χ0n) is 25.2. The zero-order chi connectivity index (χ0) is 32.1. The van der Waals surface area contributed by atoms with E-state index in [-0.39, 0.29) is 18.9 Å². The van der Waals surface area contributed by atoms with Gasteiger partial charge < -0.3 is 57.8 Å². The van der Waals surface area contributed by atoms with Gasteiger partial charge in [-0.2, -0.15) is 0 Å². The third kappa shape index (κ3) is 7.41. The molecule has 12 N–H and O–H groups in total. The number of aromatic nitrogens is 2. The first-order valence-corrected chi connectivity index (χ1v) is 15.6. The summed E-state index contributed by atoms with van der Waals surface area (Å²) in [7, 11) is 0. The predicted molar refractivity (Wildman–Crippen MR) is 167 cm³/mol. The Morgan fingerprint density at radius 2 is 1.69 bits per heavy atom. The van der Waals surface area contributed by atoms with Gasteiger partial charge in [-0.3, -0.25) is 14.8 Å². The van der Waals surface area contributed by atoms with Crippen LogP contribution in [0.4, 0.5) is 0 Å². The Morgan fingerprint density at radius 1 is 0.911 bits per heavy atom. The van der Waals surface area contributed by atoms with Gasteiger partial charge in [-0.05, 0) is 31.4 Å². The second-order valence-corrected chi connectivity index (χ2v) is 11.9. The molecule has 0 radical (unpaired) electrons. The monoisotopic (exact) mass is 627 g/mol. The normalized spacial score (nSPS) is 32.2. The van der Waals surface area contributed by atoms with Crippen LogP contribution in [0.2, 0.25) is 0 Å². The maximum absolute atomic E-state index is 12.9. The highest BCUT2D eigenvalue weighted by Gasteiger charge is 2.48. The summed E-state index contributed by atoms with van der Waals surface area (Å²) in [5.74, 6) is -0.154. The Labute approximate surface area is 261 Å². The Hall–Kier alpha value is -2.89. The van der Waals surface area contributed by atoms with E-state index in [2.05, 4.69) is 15.3 Å². The lowest BCUT2D eigenvalue weighted by Gasteiger charge is -2.46. The van der Waals surface area contributed by atoms with Crippen LogP contribution in [0.15, 0.2) is 42.7 Å². The summed E-state index contributed by atoms with van der Waals surface area (Å²) < 4.78 is 17.7. The van der Waals surface area contributed by atoms with Crippen molar-refractivity contribution in [2.24, 2.45) is 22.9 Å². The van der Waals surface area contributed by atoms with Crippen LogP contribution in [-0.4, -0.2) is 112 Å². The average Bonchev–Trinajstić information content (AvgIpc) is 3.05. The lowest BCUT2D eigenvalue weighted by atomic mass is 9.84. The molecule has 1 saturated heterocycles. The molecule has 5 rings (SSSR count). The molecule has 3 aromatic rings. The van der Waals surface area contributed by atoms with Crippen LogP contribution < -0.4 is 28.3 Å².